The number of unbranched alkanes of at least 4 members (excludes halogenated alkanes) is 3. The first kappa shape index (κ1) is 31.8. The molecule has 0 spiro atoms. The van der Waals surface area contributed by atoms with Gasteiger partial charge in [0.1, 0.15) is 19.6 Å². The van der Waals surface area contributed by atoms with Gasteiger partial charge in [-0.25, -0.2) is 0 Å². The zero-order valence-corrected chi connectivity index (χ0v) is 30.1. The van der Waals surface area contributed by atoms with Crippen LogP contribution < -0.4 is 46.9 Å². The first-order chi connectivity index (χ1) is 23.2. The van der Waals surface area contributed by atoms with Gasteiger partial charge < -0.3 is 4.74 Å². The van der Waals surface area contributed by atoms with Crippen molar-refractivity contribution >= 4 is 66.1 Å². The number of fused-ring (bicyclic) bond motifs is 2. The number of hydrogen-bond donors (Lipinski definition) is 0. The highest BCUT2D eigenvalue weighted by molar-refractivity contribution is 7.80. The Labute approximate surface area is 284 Å². The fraction of sp³-hybridized carbons (Fsp3) is 0.163. The molecule has 6 aromatic rings. The summed E-state index contributed by atoms with van der Waals surface area (Å²) in [7, 11) is -3.83. The highest BCUT2D eigenvalue weighted by Gasteiger charge is 2.43. The van der Waals surface area contributed by atoms with Crippen molar-refractivity contribution in [3.05, 3.63) is 158 Å². The summed E-state index contributed by atoms with van der Waals surface area (Å²) in [6.07, 6.45) is 5.08. The Bertz CT molecular complexity index is 1700. The summed E-state index contributed by atoms with van der Waals surface area (Å²) < 4.78 is 7.48. The van der Waals surface area contributed by atoms with E-state index in [0.29, 0.717) is 0 Å². The van der Waals surface area contributed by atoms with Crippen molar-refractivity contribution in [3.8, 4) is 11.5 Å². The number of ether oxygens (including phenoxy) is 1. The molecule has 1 aliphatic rings. The number of para-hydroxylation sites is 2. The maximum atomic E-state index is 7.48. The molecule has 0 aliphatic carbocycles. The van der Waals surface area contributed by atoms with Crippen molar-refractivity contribution in [1.82, 2.24) is 0 Å². The van der Waals surface area contributed by atoms with Crippen LogP contribution in [0.15, 0.2) is 158 Å². The van der Waals surface area contributed by atoms with Crippen LogP contribution in [0.25, 0.3) is 0 Å². The molecule has 0 unspecified atom stereocenters. The normalized spacial score (nSPS) is 13.2. The second kappa shape index (κ2) is 14.5. The van der Waals surface area contributed by atoms with Crippen molar-refractivity contribution in [1.29, 1.82) is 0 Å². The van der Waals surface area contributed by atoms with Gasteiger partial charge in [-0.2, -0.15) is 0 Å². The lowest BCUT2D eigenvalue weighted by molar-refractivity contribution is 0.494. The summed E-state index contributed by atoms with van der Waals surface area (Å²) in [5.41, 5.74) is 0. The smallest absolute Gasteiger partial charge is 0.135 e. The molecule has 7 rings (SSSR count). The molecule has 1 heterocycles. The van der Waals surface area contributed by atoms with Crippen LogP contribution in [0.3, 0.4) is 0 Å². The predicted molar refractivity (Wildman–Crippen MR) is 210 cm³/mol. The summed E-state index contributed by atoms with van der Waals surface area (Å²) in [5.74, 6) is 2.24. The highest BCUT2D eigenvalue weighted by Crippen LogP contribution is 2.43. The molecule has 1 nitrogen and oxygen atoms in total. The molecule has 0 radical (unpaired) electrons. The lowest BCUT2D eigenvalue weighted by atomic mass is 10.2. The molecule has 6 aromatic carbocycles. The first-order valence-electron chi connectivity index (χ1n) is 16.9. The Hall–Kier alpha value is -3.80. The summed E-state index contributed by atoms with van der Waals surface area (Å²) in [6, 6.07) is 59.6. The van der Waals surface area contributed by atoms with Gasteiger partial charge in [-0.3, -0.25) is 0 Å². The predicted octanol–water partition coefficient (Wildman–Crippen LogP) is 8.08. The molecule has 0 bridgehead atoms. The van der Waals surface area contributed by atoms with E-state index in [4.69, 9.17) is 4.74 Å². The monoisotopic (exact) mass is 664 g/mol. The van der Waals surface area contributed by atoms with Gasteiger partial charge >= 0.3 is 0 Å². The van der Waals surface area contributed by atoms with Gasteiger partial charge in [-0.05, 0) is 53.5 Å². The minimum atomic E-state index is -2.19. The van der Waals surface area contributed by atoms with Gasteiger partial charge in [0.05, 0.1) is 0 Å². The van der Waals surface area contributed by atoms with Crippen molar-refractivity contribution in [2.75, 3.05) is 0 Å². The summed E-state index contributed by atoms with van der Waals surface area (Å²) in [5, 5.41) is 11.0. The third-order valence-corrected chi connectivity index (χ3v) is 18.9. The summed E-state index contributed by atoms with van der Waals surface area (Å²) >= 11 is 0. The van der Waals surface area contributed by atoms with E-state index in [1.807, 2.05) is 0 Å². The maximum Gasteiger partial charge on any atom is 0.135 e. The van der Waals surface area contributed by atoms with Crippen LogP contribution in [0, 0.1) is 0 Å². The number of rotatable bonds is 11. The van der Waals surface area contributed by atoms with Crippen LogP contribution in [0.1, 0.15) is 32.6 Å². The van der Waals surface area contributed by atoms with Crippen molar-refractivity contribution in [2.24, 2.45) is 0 Å². The van der Waals surface area contributed by atoms with Crippen LogP contribution in [-0.4, -0.2) is 8.07 Å². The van der Waals surface area contributed by atoms with Gasteiger partial charge in [-0.15, -0.1) is 0 Å². The van der Waals surface area contributed by atoms with E-state index in [0.717, 1.165) is 11.5 Å². The third-order valence-electron chi connectivity index (χ3n) is 9.45. The Kier molecular flexibility index (Phi) is 9.83. The molecule has 0 atom stereocenters. The van der Waals surface area contributed by atoms with Crippen LogP contribution in [0.2, 0.25) is 12.6 Å². The number of hydrogen-bond acceptors (Lipinski definition) is 1. The molecule has 47 heavy (non-hydrogen) atoms. The van der Waals surface area contributed by atoms with E-state index < -0.39 is 23.9 Å². The SMILES string of the molecule is CCCCCC[Si]1(C)c2cccc(P(c3ccccc3)c3ccccc3)c2Oc2c(P(c3ccccc3)c3ccccc3)cccc21. The van der Waals surface area contributed by atoms with Gasteiger partial charge in [0.25, 0.3) is 0 Å². The third kappa shape index (κ3) is 6.40. The van der Waals surface area contributed by atoms with Gasteiger partial charge in [0.2, 0.25) is 0 Å². The average molecular weight is 665 g/mol. The Balaban J connectivity index is 1.46. The lowest BCUT2D eigenvalue weighted by Gasteiger charge is -2.39. The second-order valence-corrected chi connectivity index (χ2v) is 21.2. The second-order valence-electron chi connectivity index (χ2n) is 12.6. The summed E-state index contributed by atoms with van der Waals surface area (Å²) in [4.78, 5) is 0. The molecule has 1 aliphatic heterocycles. The number of benzene rings is 6. The fourth-order valence-corrected chi connectivity index (χ4v) is 16.2. The van der Waals surface area contributed by atoms with Crippen molar-refractivity contribution < 1.29 is 4.74 Å². The molecule has 0 saturated heterocycles. The highest BCUT2D eigenvalue weighted by atomic mass is 31.1. The molecule has 4 heteroatoms. The van der Waals surface area contributed by atoms with Crippen molar-refractivity contribution in [3.63, 3.8) is 0 Å². The van der Waals surface area contributed by atoms with E-state index in [1.165, 1.54) is 73.9 Å². The molecular weight excluding hydrogens is 623 g/mol. The van der Waals surface area contributed by atoms with E-state index in [2.05, 4.69) is 171 Å². The lowest BCUT2D eigenvalue weighted by Crippen LogP contribution is -2.60. The quantitative estimate of drug-likeness (QED) is 0.0774. The molecule has 234 valence electrons. The summed E-state index contributed by atoms with van der Waals surface area (Å²) in [6.45, 7) is 4.93. The largest absolute Gasteiger partial charge is 0.456 e. The van der Waals surface area contributed by atoms with Gasteiger partial charge in [0, 0.05) is 10.6 Å². The van der Waals surface area contributed by atoms with Gasteiger partial charge in [0.15, 0.2) is 0 Å². The molecule has 0 amide bonds. The van der Waals surface area contributed by atoms with Crippen LogP contribution in [0.5, 0.6) is 11.5 Å². The molecule has 0 fully saturated rings. The maximum absolute atomic E-state index is 7.48. The van der Waals surface area contributed by atoms with Crippen LogP contribution in [-0.2, 0) is 0 Å². The first-order valence-corrected chi connectivity index (χ1v) is 22.3. The van der Waals surface area contributed by atoms with Gasteiger partial charge in [-0.1, -0.05) is 197 Å². The minimum absolute atomic E-state index is 0.820. The molecule has 0 N–H and O–H groups in total. The zero-order chi connectivity index (χ0) is 32.1. The molecule has 0 saturated carbocycles. The van der Waals surface area contributed by atoms with E-state index in [-0.39, 0.29) is 0 Å². The Morgan fingerprint density at radius 1 is 0.447 bits per heavy atom. The van der Waals surface area contributed by atoms with E-state index in [9.17, 15) is 0 Å². The van der Waals surface area contributed by atoms with E-state index in [1.54, 1.807) is 0 Å². The van der Waals surface area contributed by atoms with Crippen LogP contribution in [0.4, 0.5) is 0 Å². The van der Waals surface area contributed by atoms with E-state index >= 15 is 0 Å². The average Bonchev–Trinajstić information content (AvgIpc) is 3.13. The molecular formula is C43H42OP2Si. The fourth-order valence-electron chi connectivity index (χ4n) is 7.07. The Morgan fingerprint density at radius 2 is 0.830 bits per heavy atom. The van der Waals surface area contributed by atoms with Crippen LogP contribution >= 0.6 is 15.8 Å². The Morgan fingerprint density at radius 3 is 1.19 bits per heavy atom. The topological polar surface area (TPSA) is 9.23 Å². The van der Waals surface area contributed by atoms with Crippen molar-refractivity contribution in [2.45, 2.75) is 45.2 Å². The minimum Gasteiger partial charge on any atom is -0.456 e. The molecule has 0 aromatic heterocycles. The standard InChI is InChI=1S/C43H42OP2Si/c1-3-4-5-18-33-47(2)40-31-19-29-38(45(34-21-10-6-11-22-34)35-23-12-7-13-24-35)42(40)44-43-39(30-20-32-41(43)47)46(36-25-14-8-15-26-36)37-27-16-9-17-28-37/h6-17,19-32H,3-5,18,33H2,1-2H3. The zero-order valence-electron chi connectivity index (χ0n) is 27.3.